The summed E-state index contributed by atoms with van der Waals surface area (Å²) < 4.78 is 5.35. The fourth-order valence-corrected chi connectivity index (χ4v) is 2.66. The van der Waals surface area contributed by atoms with Crippen LogP contribution in [-0.4, -0.2) is 26.0 Å². The zero-order valence-corrected chi connectivity index (χ0v) is 13.5. The van der Waals surface area contributed by atoms with Gasteiger partial charge in [-0.3, -0.25) is 20.2 Å². The quantitative estimate of drug-likeness (QED) is 0.569. The molecule has 10 heteroatoms. The molecule has 0 fully saturated rings. The van der Waals surface area contributed by atoms with Crippen molar-refractivity contribution in [3.05, 3.63) is 49.8 Å². The molecule has 0 aliphatic carbocycles. The van der Waals surface area contributed by atoms with Gasteiger partial charge in [0.25, 0.3) is 17.5 Å². The number of aryl methyl sites for hydroxylation is 1. The number of benzene rings is 1. The predicted octanol–water partition coefficient (Wildman–Crippen LogP) is 2.97. The fourth-order valence-electron chi connectivity index (χ4n) is 2.07. The Bertz CT molecular complexity index is 933. The average Bonchev–Trinajstić information content (AvgIpc) is 3.16. The number of nitro benzene ring substituents is 1. The molecule has 0 aliphatic heterocycles. The first-order valence-electron chi connectivity index (χ1n) is 6.77. The lowest BCUT2D eigenvalue weighted by Crippen LogP contribution is -2.14. The van der Waals surface area contributed by atoms with E-state index in [1.54, 1.807) is 5.38 Å². The Kier molecular flexibility index (Phi) is 4.04. The van der Waals surface area contributed by atoms with Crippen molar-refractivity contribution in [1.82, 2.24) is 15.2 Å². The van der Waals surface area contributed by atoms with Gasteiger partial charge in [-0.15, -0.1) is 16.4 Å². The number of carbonyl (C=O) groups excluding carboxylic acids is 1. The lowest BCUT2D eigenvalue weighted by Gasteiger charge is -2.04. The minimum atomic E-state index is -0.569. The first kappa shape index (κ1) is 15.7. The molecule has 0 radical (unpaired) electrons. The van der Waals surface area contributed by atoms with Crippen molar-refractivity contribution in [3.8, 4) is 11.6 Å². The molecule has 0 aliphatic rings. The second-order valence-electron chi connectivity index (χ2n) is 4.83. The van der Waals surface area contributed by atoms with E-state index in [9.17, 15) is 14.9 Å². The van der Waals surface area contributed by atoms with E-state index in [4.69, 9.17) is 4.42 Å². The average molecular weight is 345 g/mol. The van der Waals surface area contributed by atoms with Crippen molar-refractivity contribution < 1.29 is 14.1 Å². The Labute approximate surface area is 139 Å². The molecule has 9 nitrogen and oxygen atoms in total. The Morgan fingerprint density at radius 2 is 2.12 bits per heavy atom. The summed E-state index contributed by atoms with van der Waals surface area (Å²) >= 11 is 1.44. The van der Waals surface area contributed by atoms with E-state index in [0.717, 1.165) is 5.01 Å². The highest BCUT2D eigenvalue weighted by atomic mass is 32.1. The van der Waals surface area contributed by atoms with E-state index in [0.29, 0.717) is 5.69 Å². The van der Waals surface area contributed by atoms with Crippen molar-refractivity contribution in [3.63, 3.8) is 0 Å². The third-order valence-electron chi connectivity index (χ3n) is 3.23. The van der Waals surface area contributed by atoms with Gasteiger partial charge in [0.15, 0.2) is 0 Å². The summed E-state index contributed by atoms with van der Waals surface area (Å²) in [5, 5.41) is 23.5. The molecule has 2 aromatic heterocycles. The van der Waals surface area contributed by atoms with Crippen molar-refractivity contribution in [2.45, 2.75) is 13.8 Å². The molecule has 24 heavy (non-hydrogen) atoms. The van der Waals surface area contributed by atoms with Crippen LogP contribution in [0.2, 0.25) is 0 Å². The van der Waals surface area contributed by atoms with Gasteiger partial charge in [-0.25, -0.2) is 4.98 Å². The van der Waals surface area contributed by atoms with Crippen molar-refractivity contribution in [2.75, 3.05) is 5.32 Å². The number of nitro groups is 1. The Hall–Kier alpha value is -3.14. The van der Waals surface area contributed by atoms with Gasteiger partial charge in [0.1, 0.15) is 5.69 Å². The van der Waals surface area contributed by atoms with Crippen LogP contribution < -0.4 is 5.32 Å². The van der Waals surface area contributed by atoms with Crippen LogP contribution in [0.5, 0.6) is 0 Å². The topological polar surface area (TPSA) is 124 Å². The largest absolute Gasteiger partial charge is 0.401 e. The Morgan fingerprint density at radius 1 is 1.33 bits per heavy atom. The highest BCUT2D eigenvalue weighted by Gasteiger charge is 2.20. The molecule has 0 unspecified atom stereocenters. The number of nitrogens with zero attached hydrogens (tertiary/aromatic N) is 4. The third-order valence-corrected chi connectivity index (χ3v) is 4.00. The van der Waals surface area contributed by atoms with Crippen LogP contribution in [-0.2, 0) is 0 Å². The van der Waals surface area contributed by atoms with E-state index in [2.05, 4.69) is 20.5 Å². The van der Waals surface area contributed by atoms with E-state index in [-0.39, 0.29) is 28.7 Å². The summed E-state index contributed by atoms with van der Waals surface area (Å²) in [4.78, 5) is 26.9. The molecule has 0 saturated carbocycles. The van der Waals surface area contributed by atoms with Gasteiger partial charge >= 0.3 is 6.01 Å². The molecule has 3 aromatic rings. The number of nitrogens with one attached hydrogen (secondary N) is 1. The molecular formula is C14H11N5O4S. The van der Waals surface area contributed by atoms with Crippen LogP contribution in [0.25, 0.3) is 11.6 Å². The maximum Gasteiger partial charge on any atom is 0.322 e. The lowest BCUT2D eigenvalue weighted by atomic mass is 10.1. The SMILES string of the molecule is Cc1nc(-c2nnc(NC(=O)c3cccc([N+](=O)[O-])c3C)o2)cs1. The van der Waals surface area contributed by atoms with Gasteiger partial charge in [0.05, 0.1) is 9.93 Å². The molecular weight excluding hydrogens is 334 g/mol. The molecule has 122 valence electrons. The van der Waals surface area contributed by atoms with Gasteiger partial charge < -0.3 is 4.42 Å². The summed E-state index contributed by atoms with van der Waals surface area (Å²) in [7, 11) is 0. The third kappa shape index (κ3) is 2.99. The van der Waals surface area contributed by atoms with E-state index in [1.165, 1.54) is 36.5 Å². The van der Waals surface area contributed by atoms with E-state index < -0.39 is 10.8 Å². The van der Waals surface area contributed by atoms with Crippen LogP contribution >= 0.6 is 11.3 Å². The summed E-state index contributed by atoms with van der Waals surface area (Å²) in [6, 6.07) is 4.16. The van der Waals surface area contributed by atoms with Crippen LogP contribution in [0, 0.1) is 24.0 Å². The maximum absolute atomic E-state index is 12.3. The monoisotopic (exact) mass is 345 g/mol. The van der Waals surface area contributed by atoms with Crippen LogP contribution in [0.15, 0.2) is 28.0 Å². The number of rotatable bonds is 4. The molecule has 1 aromatic carbocycles. The second kappa shape index (κ2) is 6.16. The van der Waals surface area contributed by atoms with Gasteiger partial charge in [-0.1, -0.05) is 11.2 Å². The van der Waals surface area contributed by atoms with E-state index in [1.807, 2.05) is 6.92 Å². The van der Waals surface area contributed by atoms with Crippen molar-refractivity contribution in [2.24, 2.45) is 0 Å². The minimum Gasteiger partial charge on any atom is -0.401 e. The highest BCUT2D eigenvalue weighted by Crippen LogP contribution is 2.24. The molecule has 0 atom stereocenters. The standard InChI is InChI=1S/C14H11N5O4S/c1-7-9(4-3-5-11(7)19(21)22)12(20)16-14-18-17-13(23-14)10-6-24-8(2)15-10/h3-6H,1-2H3,(H,16,18,20). The minimum absolute atomic E-state index is 0.105. The number of thiazole rings is 1. The number of hydrogen-bond acceptors (Lipinski definition) is 8. The summed E-state index contributed by atoms with van der Waals surface area (Å²) in [6.07, 6.45) is 0. The second-order valence-corrected chi connectivity index (χ2v) is 5.89. The summed E-state index contributed by atoms with van der Waals surface area (Å²) in [5.74, 6) is -0.383. The van der Waals surface area contributed by atoms with Gasteiger partial charge in [-0.05, 0) is 19.9 Å². The Morgan fingerprint density at radius 3 is 2.79 bits per heavy atom. The smallest absolute Gasteiger partial charge is 0.322 e. The van der Waals surface area contributed by atoms with Gasteiger partial charge in [0, 0.05) is 22.6 Å². The molecule has 2 heterocycles. The molecule has 0 spiro atoms. The zero-order chi connectivity index (χ0) is 17.3. The van der Waals surface area contributed by atoms with Crippen LogP contribution in [0.1, 0.15) is 20.9 Å². The number of amides is 1. The van der Waals surface area contributed by atoms with Crippen molar-refractivity contribution >= 4 is 28.9 Å². The molecule has 0 bridgehead atoms. The van der Waals surface area contributed by atoms with Crippen LogP contribution in [0.4, 0.5) is 11.7 Å². The zero-order valence-electron chi connectivity index (χ0n) is 12.6. The number of anilines is 1. The number of aromatic nitrogens is 3. The fraction of sp³-hybridized carbons (Fsp3) is 0.143. The lowest BCUT2D eigenvalue weighted by molar-refractivity contribution is -0.385. The molecule has 0 saturated heterocycles. The summed E-state index contributed by atoms with van der Waals surface area (Å²) in [5.41, 5.74) is 0.812. The molecule has 3 rings (SSSR count). The van der Waals surface area contributed by atoms with Gasteiger partial charge in [0.2, 0.25) is 0 Å². The first-order chi connectivity index (χ1) is 11.5. The summed E-state index contributed by atoms with van der Waals surface area (Å²) in [6.45, 7) is 3.35. The van der Waals surface area contributed by atoms with Crippen molar-refractivity contribution in [1.29, 1.82) is 0 Å². The molecule has 1 N–H and O–H groups in total. The maximum atomic E-state index is 12.3. The predicted molar refractivity (Wildman–Crippen MR) is 85.9 cm³/mol. The first-order valence-corrected chi connectivity index (χ1v) is 7.65. The van der Waals surface area contributed by atoms with Crippen LogP contribution in [0.3, 0.4) is 0 Å². The number of hydrogen-bond donors (Lipinski definition) is 1. The normalized spacial score (nSPS) is 10.6. The molecule has 1 amide bonds. The Balaban J connectivity index is 1.82. The number of carbonyl (C=O) groups is 1. The highest BCUT2D eigenvalue weighted by molar-refractivity contribution is 7.09. The van der Waals surface area contributed by atoms with Gasteiger partial charge in [-0.2, -0.15) is 0 Å². The van der Waals surface area contributed by atoms with E-state index >= 15 is 0 Å².